The lowest BCUT2D eigenvalue weighted by Gasteiger charge is -2.25. The maximum absolute atomic E-state index is 12.8. The average molecular weight is 484 g/mol. The first kappa shape index (κ1) is 27.6. The zero-order valence-corrected chi connectivity index (χ0v) is 21.0. The van der Waals surface area contributed by atoms with Crippen LogP contribution >= 0.6 is 0 Å². The van der Waals surface area contributed by atoms with Crippen LogP contribution in [-0.4, -0.2) is 48.2 Å². The van der Waals surface area contributed by atoms with Crippen LogP contribution in [0.1, 0.15) is 68.9 Å². The van der Waals surface area contributed by atoms with Gasteiger partial charge in [0.15, 0.2) is 11.8 Å². The van der Waals surface area contributed by atoms with Gasteiger partial charge in [0, 0.05) is 11.1 Å². The highest BCUT2D eigenvalue weighted by Gasteiger charge is 2.30. The number of rotatable bonds is 9. The molecule has 0 fully saturated rings. The maximum Gasteiger partial charge on any atom is 0.408 e. The molecule has 8 heteroatoms. The molecule has 2 rings (SSSR count). The van der Waals surface area contributed by atoms with E-state index in [4.69, 9.17) is 14.2 Å². The number of hydrogen-bond acceptors (Lipinski definition) is 7. The maximum atomic E-state index is 12.8. The van der Waals surface area contributed by atoms with Crippen LogP contribution in [0.4, 0.5) is 4.79 Å². The lowest BCUT2D eigenvalue weighted by atomic mass is 9.96. The molecule has 0 bridgehead atoms. The van der Waals surface area contributed by atoms with Crippen molar-refractivity contribution in [3.8, 4) is 0 Å². The van der Waals surface area contributed by atoms with Crippen LogP contribution in [-0.2, 0) is 23.8 Å². The van der Waals surface area contributed by atoms with Gasteiger partial charge in [-0.05, 0) is 53.2 Å². The summed E-state index contributed by atoms with van der Waals surface area (Å²) < 4.78 is 15.7. The van der Waals surface area contributed by atoms with Gasteiger partial charge in [0.05, 0.1) is 12.0 Å². The third-order valence-corrected chi connectivity index (χ3v) is 4.76. The topological polar surface area (TPSA) is 108 Å². The second kappa shape index (κ2) is 12.1. The van der Waals surface area contributed by atoms with Gasteiger partial charge in [-0.25, -0.2) is 9.59 Å². The fourth-order valence-corrected chi connectivity index (χ4v) is 3.06. The minimum Gasteiger partial charge on any atom is -0.462 e. The van der Waals surface area contributed by atoms with E-state index in [0.29, 0.717) is 16.7 Å². The molecule has 0 spiro atoms. The summed E-state index contributed by atoms with van der Waals surface area (Å²) in [6, 6.07) is 14.3. The van der Waals surface area contributed by atoms with Gasteiger partial charge in [0.2, 0.25) is 0 Å². The van der Waals surface area contributed by atoms with E-state index in [1.807, 2.05) is 6.07 Å². The van der Waals surface area contributed by atoms with E-state index in [-0.39, 0.29) is 5.78 Å². The normalized spacial score (nSPS) is 12.9. The first-order valence-corrected chi connectivity index (χ1v) is 11.4. The van der Waals surface area contributed by atoms with Gasteiger partial charge >= 0.3 is 18.0 Å². The summed E-state index contributed by atoms with van der Waals surface area (Å²) >= 11 is 0. The number of carbonyl (C=O) groups excluding carboxylic acids is 4. The molecule has 0 aromatic heterocycles. The molecular formula is C27H33NO7. The van der Waals surface area contributed by atoms with Crippen molar-refractivity contribution in [1.82, 2.24) is 5.32 Å². The van der Waals surface area contributed by atoms with Crippen molar-refractivity contribution in [2.75, 3.05) is 6.61 Å². The van der Waals surface area contributed by atoms with Gasteiger partial charge in [0.1, 0.15) is 12.2 Å². The molecule has 0 unspecified atom stereocenters. The third kappa shape index (κ3) is 8.88. The molecule has 0 saturated heterocycles. The van der Waals surface area contributed by atoms with Crippen LogP contribution in [0.3, 0.4) is 0 Å². The Balaban J connectivity index is 2.10. The minimum atomic E-state index is -1.25. The summed E-state index contributed by atoms with van der Waals surface area (Å²) in [4.78, 5) is 50.1. The number of benzene rings is 2. The SMILES string of the molecule is CC(C)OC(=O)N[C@@H](COC(=O)[C@H](C)c1cccc(C(=O)c2ccccc2)c1)C(=O)OC(C)(C)C. The molecule has 0 radical (unpaired) electrons. The Morgan fingerprint density at radius 3 is 2.09 bits per heavy atom. The van der Waals surface area contributed by atoms with E-state index in [2.05, 4.69) is 5.32 Å². The predicted molar refractivity (Wildman–Crippen MR) is 130 cm³/mol. The lowest BCUT2D eigenvalue weighted by molar-refractivity contribution is -0.161. The Morgan fingerprint density at radius 1 is 0.857 bits per heavy atom. The van der Waals surface area contributed by atoms with Gasteiger partial charge in [-0.3, -0.25) is 9.59 Å². The van der Waals surface area contributed by atoms with E-state index in [9.17, 15) is 19.2 Å². The Bertz CT molecular complexity index is 1040. The number of amides is 1. The Labute approximate surface area is 205 Å². The quantitative estimate of drug-likeness (QED) is 0.320. The summed E-state index contributed by atoms with van der Waals surface area (Å²) in [6.45, 7) is 9.59. The van der Waals surface area contributed by atoms with Gasteiger partial charge < -0.3 is 19.5 Å². The highest BCUT2D eigenvalue weighted by Crippen LogP contribution is 2.20. The number of carbonyl (C=O) groups is 4. The molecule has 1 amide bonds. The summed E-state index contributed by atoms with van der Waals surface area (Å²) in [7, 11) is 0. The van der Waals surface area contributed by atoms with E-state index < -0.39 is 48.3 Å². The van der Waals surface area contributed by atoms with Crippen molar-refractivity contribution in [1.29, 1.82) is 0 Å². The van der Waals surface area contributed by atoms with Crippen molar-refractivity contribution < 1.29 is 33.4 Å². The molecule has 35 heavy (non-hydrogen) atoms. The molecule has 1 N–H and O–H groups in total. The monoisotopic (exact) mass is 483 g/mol. The fraction of sp³-hybridized carbons (Fsp3) is 0.407. The van der Waals surface area contributed by atoms with Gasteiger partial charge in [-0.2, -0.15) is 0 Å². The van der Waals surface area contributed by atoms with Gasteiger partial charge in [0.25, 0.3) is 0 Å². The Kier molecular flexibility index (Phi) is 9.57. The van der Waals surface area contributed by atoms with E-state index in [1.54, 1.807) is 90.1 Å². The largest absolute Gasteiger partial charge is 0.462 e. The average Bonchev–Trinajstić information content (AvgIpc) is 2.79. The highest BCUT2D eigenvalue weighted by atomic mass is 16.6. The third-order valence-electron chi connectivity index (χ3n) is 4.76. The second-order valence-electron chi connectivity index (χ2n) is 9.36. The number of alkyl carbamates (subject to hydrolysis) is 1. The first-order chi connectivity index (χ1) is 16.4. The zero-order valence-electron chi connectivity index (χ0n) is 21.0. The molecule has 188 valence electrons. The number of nitrogens with one attached hydrogen (secondary N) is 1. The Hall–Kier alpha value is -3.68. The van der Waals surface area contributed by atoms with Gasteiger partial charge in [-0.15, -0.1) is 0 Å². The minimum absolute atomic E-state index is 0.161. The van der Waals surface area contributed by atoms with Crippen LogP contribution in [0.2, 0.25) is 0 Å². The number of esters is 2. The van der Waals surface area contributed by atoms with E-state index >= 15 is 0 Å². The fourth-order valence-electron chi connectivity index (χ4n) is 3.06. The first-order valence-electron chi connectivity index (χ1n) is 11.4. The van der Waals surface area contributed by atoms with Gasteiger partial charge in [-0.1, -0.05) is 48.5 Å². The Morgan fingerprint density at radius 2 is 1.49 bits per heavy atom. The number of hydrogen-bond donors (Lipinski definition) is 1. The summed E-state index contributed by atoms with van der Waals surface area (Å²) in [6.07, 6.45) is -1.23. The van der Waals surface area contributed by atoms with Crippen LogP contribution in [0.5, 0.6) is 0 Å². The zero-order chi connectivity index (χ0) is 26.2. The molecular weight excluding hydrogens is 450 g/mol. The summed E-state index contributed by atoms with van der Waals surface area (Å²) in [5.41, 5.74) is 0.762. The van der Waals surface area contributed by atoms with Crippen LogP contribution < -0.4 is 5.32 Å². The van der Waals surface area contributed by atoms with Crippen LogP contribution in [0, 0.1) is 0 Å². The van der Waals surface area contributed by atoms with Crippen LogP contribution in [0.25, 0.3) is 0 Å². The van der Waals surface area contributed by atoms with Crippen molar-refractivity contribution >= 4 is 23.8 Å². The lowest BCUT2D eigenvalue weighted by Crippen LogP contribution is -2.48. The molecule has 0 saturated carbocycles. The van der Waals surface area contributed by atoms with Crippen molar-refractivity contribution in [2.24, 2.45) is 0 Å². The highest BCUT2D eigenvalue weighted by molar-refractivity contribution is 6.09. The molecule has 0 aliphatic carbocycles. The number of ketones is 1. The predicted octanol–water partition coefficient (Wildman–Crippen LogP) is 4.41. The second-order valence-corrected chi connectivity index (χ2v) is 9.36. The molecule has 2 aromatic rings. The molecule has 0 heterocycles. The molecule has 2 atom stereocenters. The van der Waals surface area contributed by atoms with Crippen molar-refractivity contribution in [2.45, 2.75) is 65.2 Å². The summed E-state index contributed by atoms with van der Waals surface area (Å²) in [5, 5.41) is 2.39. The molecule has 8 nitrogen and oxygen atoms in total. The standard InChI is InChI=1S/C27H33NO7/c1-17(2)34-26(32)28-22(25(31)35-27(4,5)6)16-33-24(30)18(3)20-13-10-14-21(15-20)23(29)19-11-8-7-9-12-19/h7-15,17-18,22H,16H2,1-6H3,(H,28,32)/t18-,22+/m1/s1. The molecule has 0 aliphatic rings. The van der Waals surface area contributed by atoms with E-state index in [0.717, 1.165) is 0 Å². The molecule has 0 aliphatic heterocycles. The smallest absolute Gasteiger partial charge is 0.408 e. The number of ether oxygens (including phenoxy) is 3. The van der Waals surface area contributed by atoms with Crippen LogP contribution in [0.15, 0.2) is 54.6 Å². The molecule has 2 aromatic carbocycles. The van der Waals surface area contributed by atoms with E-state index in [1.165, 1.54) is 0 Å². The van der Waals surface area contributed by atoms with Crippen molar-refractivity contribution in [3.05, 3.63) is 71.3 Å². The van der Waals surface area contributed by atoms with Crippen molar-refractivity contribution in [3.63, 3.8) is 0 Å². The summed E-state index contributed by atoms with van der Waals surface area (Å²) in [5.74, 6) is -2.26.